The van der Waals surface area contributed by atoms with Crippen molar-refractivity contribution in [3.8, 4) is 0 Å². The fourth-order valence-electron chi connectivity index (χ4n) is 5.63. The molecule has 0 spiro atoms. The molecular weight excluding hydrogens is 708 g/mol. The lowest BCUT2D eigenvalue weighted by Gasteiger charge is -2.44. The first kappa shape index (κ1) is 40.3. The lowest BCUT2D eigenvalue weighted by molar-refractivity contribution is -0.298. The van der Waals surface area contributed by atoms with Gasteiger partial charge in [0.15, 0.2) is 24.6 Å². The zero-order valence-corrected chi connectivity index (χ0v) is 30.5. The van der Waals surface area contributed by atoms with Crippen molar-refractivity contribution in [2.24, 2.45) is 0 Å². The maximum atomic E-state index is 13.7. The largest absolute Gasteiger partial charge is 0.466 e. The van der Waals surface area contributed by atoms with E-state index in [1.807, 2.05) is 6.92 Å². The van der Waals surface area contributed by atoms with E-state index in [4.69, 9.17) is 33.2 Å². The zero-order valence-electron chi connectivity index (χ0n) is 30.5. The molecule has 12 heteroatoms. The Labute approximate surface area is 319 Å². The molecule has 1 aliphatic heterocycles. The Morgan fingerprint density at radius 2 is 0.964 bits per heavy atom. The van der Waals surface area contributed by atoms with Gasteiger partial charge in [0.1, 0.15) is 12.7 Å². The fourth-order valence-corrected chi connectivity index (χ4v) is 5.63. The summed E-state index contributed by atoms with van der Waals surface area (Å²) in [6, 6.07) is 32.6. The molecular formula is C43H44O12. The van der Waals surface area contributed by atoms with Gasteiger partial charge in [0.25, 0.3) is 0 Å². The highest BCUT2D eigenvalue weighted by Crippen LogP contribution is 2.32. The Balaban J connectivity index is 1.47. The van der Waals surface area contributed by atoms with Gasteiger partial charge in [-0.15, -0.1) is 0 Å². The number of hydrogen-bond acceptors (Lipinski definition) is 12. The number of benzene rings is 4. The average molecular weight is 753 g/mol. The monoisotopic (exact) mass is 752 g/mol. The van der Waals surface area contributed by atoms with Crippen LogP contribution in [-0.2, 0) is 38.0 Å². The van der Waals surface area contributed by atoms with Crippen LogP contribution in [0, 0.1) is 0 Å². The van der Waals surface area contributed by atoms with Gasteiger partial charge in [0.05, 0.1) is 28.9 Å². The number of unbranched alkanes of at least 4 members (excludes halogenated alkanes) is 2. The van der Waals surface area contributed by atoms with E-state index in [1.54, 1.807) is 109 Å². The number of esters is 5. The second-order valence-corrected chi connectivity index (χ2v) is 12.6. The summed E-state index contributed by atoms with van der Waals surface area (Å²) < 4.78 is 41.5. The standard InChI is InChI=1S/C43H44O12/c1-2-3-27-49-35(44)26-16-17-28-50-43-38(55-42(48)33-24-14-7-15-25-33)37(54-41(47)32-22-12-6-13-23-32)36(53-40(46)31-20-10-5-11-21-31)34(52-43)29-51-39(45)30-18-8-4-9-19-30/h4-15,18-25,34,36-38,43H,2-3,16-17,26-29H2,1H3. The van der Waals surface area contributed by atoms with Crippen LogP contribution in [0.5, 0.6) is 0 Å². The Morgan fingerprint density at radius 3 is 1.45 bits per heavy atom. The third-order valence-corrected chi connectivity index (χ3v) is 8.56. The van der Waals surface area contributed by atoms with Crippen molar-refractivity contribution in [3.05, 3.63) is 144 Å². The van der Waals surface area contributed by atoms with Gasteiger partial charge in [-0.2, -0.15) is 0 Å². The van der Waals surface area contributed by atoms with E-state index in [1.165, 1.54) is 12.1 Å². The molecule has 0 amide bonds. The highest BCUT2D eigenvalue weighted by molar-refractivity contribution is 5.91. The third kappa shape index (κ3) is 12.1. The fraction of sp³-hybridized carbons (Fsp3) is 0.326. The van der Waals surface area contributed by atoms with Crippen LogP contribution in [0.4, 0.5) is 0 Å². The van der Waals surface area contributed by atoms with E-state index in [0.717, 1.165) is 12.8 Å². The van der Waals surface area contributed by atoms with E-state index in [9.17, 15) is 24.0 Å². The van der Waals surface area contributed by atoms with Crippen molar-refractivity contribution in [2.45, 2.75) is 69.7 Å². The lowest BCUT2D eigenvalue weighted by atomic mass is 9.97. The summed E-state index contributed by atoms with van der Waals surface area (Å²) in [6.45, 7) is 1.91. The third-order valence-electron chi connectivity index (χ3n) is 8.56. The summed E-state index contributed by atoms with van der Waals surface area (Å²) >= 11 is 0. The van der Waals surface area contributed by atoms with Crippen molar-refractivity contribution in [1.82, 2.24) is 0 Å². The Bertz CT molecular complexity index is 1820. The Morgan fingerprint density at radius 1 is 0.509 bits per heavy atom. The average Bonchev–Trinajstić information content (AvgIpc) is 3.23. The first-order chi connectivity index (χ1) is 26.8. The number of carbonyl (C=O) groups excluding carboxylic acids is 5. The molecule has 0 aliphatic carbocycles. The summed E-state index contributed by atoms with van der Waals surface area (Å²) in [4.78, 5) is 66.3. The minimum Gasteiger partial charge on any atom is -0.466 e. The van der Waals surface area contributed by atoms with Crippen LogP contribution in [0.3, 0.4) is 0 Å². The molecule has 4 aromatic carbocycles. The van der Waals surface area contributed by atoms with Crippen LogP contribution in [-0.4, -0.2) is 80.4 Å². The zero-order chi connectivity index (χ0) is 38.8. The number of ether oxygens (including phenoxy) is 7. The van der Waals surface area contributed by atoms with Gasteiger partial charge in [-0.3, -0.25) is 4.79 Å². The van der Waals surface area contributed by atoms with Crippen LogP contribution in [0.15, 0.2) is 121 Å². The summed E-state index contributed by atoms with van der Waals surface area (Å²) in [7, 11) is 0. The van der Waals surface area contributed by atoms with Gasteiger partial charge in [0.2, 0.25) is 0 Å². The normalized spacial score (nSPS) is 19.0. The summed E-state index contributed by atoms with van der Waals surface area (Å²) in [5, 5.41) is 0. The first-order valence-electron chi connectivity index (χ1n) is 18.3. The van der Waals surface area contributed by atoms with Gasteiger partial charge in [-0.05, 0) is 67.8 Å². The van der Waals surface area contributed by atoms with Crippen molar-refractivity contribution >= 4 is 29.8 Å². The van der Waals surface area contributed by atoms with Crippen LogP contribution in [0.1, 0.15) is 80.5 Å². The maximum Gasteiger partial charge on any atom is 0.338 e. The predicted octanol–water partition coefficient (Wildman–Crippen LogP) is 6.78. The quantitative estimate of drug-likeness (QED) is 0.0599. The highest BCUT2D eigenvalue weighted by Gasteiger charge is 2.53. The molecule has 0 N–H and O–H groups in total. The summed E-state index contributed by atoms with van der Waals surface area (Å²) in [5.74, 6) is -3.41. The van der Waals surface area contributed by atoms with Gasteiger partial charge < -0.3 is 33.2 Å². The molecule has 5 unspecified atom stereocenters. The van der Waals surface area contributed by atoms with E-state index < -0.39 is 61.2 Å². The van der Waals surface area contributed by atoms with E-state index in [0.29, 0.717) is 19.4 Å². The van der Waals surface area contributed by atoms with E-state index in [-0.39, 0.29) is 41.3 Å². The second-order valence-electron chi connectivity index (χ2n) is 12.6. The summed E-state index contributed by atoms with van der Waals surface area (Å²) in [6.07, 6.45) is -4.54. The topological polar surface area (TPSA) is 150 Å². The Kier molecular flexibility index (Phi) is 15.5. The maximum absolute atomic E-state index is 13.7. The van der Waals surface area contributed by atoms with Crippen LogP contribution in [0.25, 0.3) is 0 Å². The van der Waals surface area contributed by atoms with E-state index in [2.05, 4.69) is 0 Å². The number of rotatable bonds is 18. The molecule has 5 atom stereocenters. The van der Waals surface area contributed by atoms with Crippen molar-refractivity contribution < 1.29 is 57.1 Å². The molecule has 12 nitrogen and oxygen atoms in total. The van der Waals surface area contributed by atoms with Gasteiger partial charge in [0, 0.05) is 13.0 Å². The molecule has 0 aromatic heterocycles. The van der Waals surface area contributed by atoms with Gasteiger partial charge in [-0.1, -0.05) is 86.1 Å². The first-order valence-corrected chi connectivity index (χ1v) is 18.3. The number of hydrogen-bond donors (Lipinski definition) is 0. The van der Waals surface area contributed by atoms with Crippen molar-refractivity contribution in [1.29, 1.82) is 0 Å². The molecule has 55 heavy (non-hydrogen) atoms. The molecule has 5 rings (SSSR count). The molecule has 1 aliphatic rings. The SMILES string of the molecule is CCCCOC(=O)CCCCOC1OC(COC(=O)c2ccccc2)C(OC(=O)c2ccccc2)C(OC(=O)c2ccccc2)C1OC(=O)c1ccccc1. The second kappa shape index (κ2) is 21.1. The molecule has 1 fully saturated rings. The van der Waals surface area contributed by atoms with Gasteiger partial charge in [-0.25, -0.2) is 19.2 Å². The molecule has 0 radical (unpaired) electrons. The van der Waals surface area contributed by atoms with Crippen molar-refractivity contribution in [3.63, 3.8) is 0 Å². The van der Waals surface area contributed by atoms with E-state index >= 15 is 0 Å². The van der Waals surface area contributed by atoms with Crippen LogP contribution in [0.2, 0.25) is 0 Å². The van der Waals surface area contributed by atoms with Crippen LogP contribution < -0.4 is 0 Å². The summed E-state index contributed by atoms with van der Waals surface area (Å²) in [5.41, 5.74) is 0.803. The molecule has 0 bridgehead atoms. The van der Waals surface area contributed by atoms with Gasteiger partial charge >= 0.3 is 29.8 Å². The highest BCUT2D eigenvalue weighted by atomic mass is 16.7. The Hall–Kier alpha value is -5.85. The smallest absolute Gasteiger partial charge is 0.338 e. The minimum absolute atomic E-state index is 0.0244. The lowest BCUT2D eigenvalue weighted by Crippen LogP contribution is -2.63. The number of carbonyl (C=O) groups is 5. The minimum atomic E-state index is -1.53. The van der Waals surface area contributed by atoms with Crippen molar-refractivity contribution in [2.75, 3.05) is 19.8 Å². The molecule has 1 saturated heterocycles. The molecule has 288 valence electrons. The molecule has 4 aromatic rings. The molecule has 1 heterocycles. The molecule has 0 saturated carbocycles. The predicted molar refractivity (Wildman–Crippen MR) is 198 cm³/mol. The van der Waals surface area contributed by atoms with Crippen LogP contribution >= 0.6 is 0 Å².